The minimum Gasteiger partial charge on any atom is -0.302 e. The van der Waals surface area contributed by atoms with E-state index in [0.29, 0.717) is 6.42 Å². The van der Waals surface area contributed by atoms with Crippen molar-refractivity contribution in [1.29, 1.82) is 0 Å². The highest BCUT2D eigenvalue weighted by atomic mass is 16.1. The molecule has 1 aromatic carbocycles. The Bertz CT molecular complexity index is 382. The van der Waals surface area contributed by atoms with E-state index in [-0.39, 0.29) is 11.8 Å². The first-order valence-electron chi connectivity index (χ1n) is 5.65. The summed E-state index contributed by atoms with van der Waals surface area (Å²) in [4.78, 5) is 13.4. The molecule has 0 aliphatic heterocycles. The first-order chi connectivity index (χ1) is 7.41. The Labute approximate surface area is 98.3 Å². The van der Waals surface area contributed by atoms with E-state index in [1.54, 1.807) is 6.92 Å². The number of Topliss-reactive ketones (excluding diaryl/α,β-unsaturated/α-hetero) is 1. The van der Waals surface area contributed by atoms with Gasteiger partial charge in [-0.2, -0.15) is 0 Å². The van der Waals surface area contributed by atoms with Crippen LogP contribution in [-0.2, 0) is 4.79 Å². The number of carbonyl (C=O) groups is 1. The topological polar surface area (TPSA) is 20.3 Å². The second-order valence-corrected chi connectivity index (χ2v) is 4.73. The van der Waals surface area contributed by atoms with E-state index in [2.05, 4.69) is 36.9 Å². The van der Waals surface area contributed by atoms with Gasteiger partial charge in [0.1, 0.15) is 5.78 Å². The molecule has 2 heteroatoms. The molecule has 0 spiro atoms. The number of rotatable bonds is 4. The molecule has 0 bridgehead atoms. The number of ketones is 1. The van der Waals surface area contributed by atoms with Crippen LogP contribution in [0, 0.1) is 13.8 Å². The fraction of sp³-hybridized carbons (Fsp3) is 0.500. The number of benzene rings is 1. The SMILES string of the molecule is CC(=O)CC(c1ccc(C)c(C)c1)N(C)C. The maximum Gasteiger partial charge on any atom is 0.131 e. The molecule has 1 rings (SSSR count). The monoisotopic (exact) mass is 219 g/mol. The van der Waals surface area contributed by atoms with Crippen molar-refractivity contribution in [3.05, 3.63) is 34.9 Å². The average Bonchev–Trinajstić information content (AvgIpc) is 2.18. The van der Waals surface area contributed by atoms with Crippen LogP contribution in [-0.4, -0.2) is 24.8 Å². The van der Waals surface area contributed by atoms with Crippen LogP contribution < -0.4 is 0 Å². The summed E-state index contributed by atoms with van der Waals surface area (Å²) in [6.45, 7) is 5.87. The average molecular weight is 219 g/mol. The highest BCUT2D eigenvalue weighted by Gasteiger charge is 2.16. The van der Waals surface area contributed by atoms with Crippen LogP contribution in [0.1, 0.15) is 36.1 Å². The van der Waals surface area contributed by atoms with Crippen LogP contribution in [0.15, 0.2) is 18.2 Å². The number of carbonyl (C=O) groups excluding carboxylic acids is 1. The van der Waals surface area contributed by atoms with Gasteiger partial charge in [-0.25, -0.2) is 0 Å². The molecule has 88 valence electrons. The van der Waals surface area contributed by atoms with Gasteiger partial charge in [-0.15, -0.1) is 0 Å². The highest BCUT2D eigenvalue weighted by molar-refractivity contribution is 5.76. The van der Waals surface area contributed by atoms with Gasteiger partial charge in [0.15, 0.2) is 0 Å². The minimum absolute atomic E-state index is 0.191. The summed E-state index contributed by atoms with van der Waals surface area (Å²) in [7, 11) is 4.03. The summed E-state index contributed by atoms with van der Waals surface area (Å²) in [5, 5.41) is 0. The minimum atomic E-state index is 0.191. The van der Waals surface area contributed by atoms with E-state index < -0.39 is 0 Å². The zero-order chi connectivity index (χ0) is 12.3. The lowest BCUT2D eigenvalue weighted by molar-refractivity contribution is -0.118. The summed E-state index contributed by atoms with van der Waals surface area (Å²) < 4.78 is 0. The molecule has 0 heterocycles. The third kappa shape index (κ3) is 3.17. The van der Waals surface area contributed by atoms with Gasteiger partial charge in [-0.05, 0) is 51.6 Å². The van der Waals surface area contributed by atoms with Gasteiger partial charge in [-0.1, -0.05) is 18.2 Å². The summed E-state index contributed by atoms with van der Waals surface area (Å²) in [6.07, 6.45) is 0.579. The zero-order valence-corrected chi connectivity index (χ0v) is 10.9. The maximum absolute atomic E-state index is 11.3. The fourth-order valence-corrected chi connectivity index (χ4v) is 1.84. The Morgan fingerprint density at radius 3 is 2.31 bits per heavy atom. The molecular formula is C14H21NO. The molecule has 1 atom stereocenters. The van der Waals surface area contributed by atoms with Crippen LogP contribution >= 0.6 is 0 Å². The molecule has 0 fully saturated rings. The molecule has 0 saturated heterocycles. The van der Waals surface area contributed by atoms with E-state index >= 15 is 0 Å². The first kappa shape index (κ1) is 12.9. The number of aryl methyl sites for hydroxylation is 2. The number of nitrogens with zero attached hydrogens (tertiary/aromatic N) is 1. The smallest absolute Gasteiger partial charge is 0.131 e. The predicted octanol–water partition coefficient (Wildman–Crippen LogP) is 2.89. The summed E-state index contributed by atoms with van der Waals surface area (Å²) in [5.74, 6) is 0.233. The van der Waals surface area contributed by atoms with Gasteiger partial charge in [0.05, 0.1) is 0 Å². The largest absolute Gasteiger partial charge is 0.302 e. The van der Waals surface area contributed by atoms with Gasteiger partial charge >= 0.3 is 0 Å². The van der Waals surface area contributed by atoms with E-state index in [4.69, 9.17) is 0 Å². The van der Waals surface area contributed by atoms with Gasteiger partial charge in [0.25, 0.3) is 0 Å². The van der Waals surface area contributed by atoms with E-state index in [1.165, 1.54) is 16.7 Å². The molecule has 0 aromatic heterocycles. The van der Waals surface area contributed by atoms with Crippen molar-refractivity contribution in [3.63, 3.8) is 0 Å². The van der Waals surface area contributed by atoms with Crippen LogP contribution in [0.25, 0.3) is 0 Å². The molecule has 1 aromatic rings. The molecule has 0 saturated carbocycles. The molecule has 2 nitrogen and oxygen atoms in total. The number of hydrogen-bond donors (Lipinski definition) is 0. The van der Waals surface area contributed by atoms with E-state index in [9.17, 15) is 4.79 Å². The third-order valence-corrected chi connectivity index (χ3v) is 3.02. The van der Waals surface area contributed by atoms with Crippen LogP contribution in [0.3, 0.4) is 0 Å². The normalized spacial score (nSPS) is 12.9. The molecular weight excluding hydrogens is 198 g/mol. The molecule has 0 radical (unpaired) electrons. The standard InChI is InChI=1S/C14H21NO/c1-10-6-7-13(8-11(10)2)14(15(4)5)9-12(3)16/h6-8,14H,9H2,1-5H3. The molecule has 0 amide bonds. The van der Waals surface area contributed by atoms with Gasteiger partial charge in [0, 0.05) is 12.5 Å². The highest BCUT2D eigenvalue weighted by Crippen LogP contribution is 2.24. The summed E-state index contributed by atoms with van der Waals surface area (Å²) in [6, 6.07) is 6.62. The zero-order valence-electron chi connectivity index (χ0n) is 10.9. The third-order valence-electron chi connectivity index (χ3n) is 3.02. The fourth-order valence-electron chi connectivity index (χ4n) is 1.84. The van der Waals surface area contributed by atoms with Crippen molar-refractivity contribution in [2.24, 2.45) is 0 Å². The molecule has 1 unspecified atom stereocenters. The van der Waals surface area contributed by atoms with Gasteiger partial charge < -0.3 is 4.90 Å². The molecule has 0 aliphatic carbocycles. The second-order valence-electron chi connectivity index (χ2n) is 4.73. The first-order valence-corrected chi connectivity index (χ1v) is 5.65. The lowest BCUT2D eigenvalue weighted by Crippen LogP contribution is -2.22. The Balaban J connectivity index is 3.01. The van der Waals surface area contributed by atoms with Gasteiger partial charge in [-0.3, -0.25) is 4.79 Å². The number of hydrogen-bond acceptors (Lipinski definition) is 2. The van der Waals surface area contributed by atoms with Crippen molar-refractivity contribution in [3.8, 4) is 0 Å². The lowest BCUT2D eigenvalue weighted by atomic mass is 9.97. The quantitative estimate of drug-likeness (QED) is 0.776. The van der Waals surface area contributed by atoms with Crippen LogP contribution in [0.4, 0.5) is 0 Å². The van der Waals surface area contributed by atoms with Crippen LogP contribution in [0.5, 0.6) is 0 Å². The van der Waals surface area contributed by atoms with Gasteiger partial charge in [0.2, 0.25) is 0 Å². The van der Waals surface area contributed by atoms with Crippen molar-refractivity contribution in [1.82, 2.24) is 4.90 Å². The molecule has 16 heavy (non-hydrogen) atoms. The van der Waals surface area contributed by atoms with Crippen molar-refractivity contribution in [2.45, 2.75) is 33.2 Å². The van der Waals surface area contributed by atoms with E-state index in [0.717, 1.165) is 0 Å². The van der Waals surface area contributed by atoms with E-state index in [1.807, 2.05) is 14.1 Å². The Kier molecular flexibility index (Phi) is 4.25. The van der Waals surface area contributed by atoms with Crippen molar-refractivity contribution < 1.29 is 4.79 Å². The van der Waals surface area contributed by atoms with Crippen molar-refractivity contribution >= 4 is 5.78 Å². The Morgan fingerprint density at radius 1 is 1.25 bits per heavy atom. The Hall–Kier alpha value is -1.15. The predicted molar refractivity (Wildman–Crippen MR) is 67.6 cm³/mol. The Morgan fingerprint density at radius 2 is 1.88 bits per heavy atom. The molecule has 0 N–H and O–H groups in total. The lowest BCUT2D eigenvalue weighted by Gasteiger charge is -2.24. The molecule has 0 aliphatic rings. The van der Waals surface area contributed by atoms with Crippen molar-refractivity contribution in [2.75, 3.05) is 14.1 Å². The summed E-state index contributed by atoms with van der Waals surface area (Å²) in [5.41, 5.74) is 3.81. The summed E-state index contributed by atoms with van der Waals surface area (Å²) >= 11 is 0. The second kappa shape index (κ2) is 5.26. The van der Waals surface area contributed by atoms with Crippen LogP contribution in [0.2, 0.25) is 0 Å². The maximum atomic E-state index is 11.3.